The number of halogens is 1. The maximum Gasteiger partial charge on any atom is 0.254 e. The van der Waals surface area contributed by atoms with Gasteiger partial charge in [-0.05, 0) is 36.6 Å². The molecule has 0 bridgehead atoms. The van der Waals surface area contributed by atoms with Gasteiger partial charge in [0.1, 0.15) is 5.82 Å². The molecule has 2 amide bonds. The largest absolute Gasteiger partial charge is 0.350 e. The van der Waals surface area contributed by atoms with Gasteiger partial charge in [-0.25, -0.2) is 4.39 Å². The second-order valence-electron chi connectivity index (χ2n) is 6.98. The summed E-state index contributed by atoms with van der Waals surface area (Å²) in [6.07, 6.45) is 2.25. The molecule has 2 aromatic carbocycles. The molecule has 30 heavy (non-hydrogen) atoms. The van der Waals surface area contributed by atoms with E-state index in [1.165, 1.54) is 6.07 Å². The van der Waals surface area contributed by atoms with E-state index in [0.29, 0.717) is 24.1 Å². The SMILES string of the molecule is CCc1c(C(=O)NCCNC(=O)c2ccc(C)c(F)c2)cnn1Cc1ccccc1. The number of amides is 2. The van der Waals surface area contributed by atoms with Crippen molar-refractivity contribution in [2.24, 2.45) is 0 Å². The Bertz CT molecular complexity index is 1030. The molecule has 3 rings (SSSR count). The van der Waals surface area contributed by atoms with Gasteiger partial charge in [0.2, 0.25) is 0 Å². The number of nitrogens with one attached hydrogen (secondary N) is 2. The minimum Gasteiger partial charge on any atom is -0.350 e. The van der Waals surface area contributed by atoms with E-state index in [0.717, 1.165) is 11.3 Å². The summed E-state index contributed by atoms with van der Waals surface area (Å²) in [7, 11) is 0. The van der Waals surface area contributed by atoms with E-state index in [-0.39, 0.29) is 30.5 Å². The Morgan fingerprint density at radius 2 is 1.73 bits per heavy atom. The quantitative estimate of drug-likeness (QED) is 0.563. The number of aromatic nitrogens is 2. The van der Waals surface area contributed by atoms with Crippen LogP contribution in [0.1, 0.15) is 44.5 Å². The fraction of sp³-hybridized carbons (Fsp3) is 0.261. The molecule has 0 aliphatic rings. The Kier molecular flexibility index (Phi) is 6.95. The summed E-state index contributed by atoms with van der Waals surface area (Å²) in [6, 6.07) is 14.3. The number of aryl methyl sites for hydroxylation is 1. The van der Waals surface area contributed by atoms with E-state index < -0.39 is 5.82 Å². The fourth-order valence-electron chi connectivity index (χ4n) is 3.15. The van der Waals surface area contributed by atoms with Crippen LogP contribution in [0.25, 0.3) is 0 Å². The van der Waals surface area contributed by atoms with Gasteiger partial charge < -0.3 is 10.6 Å². The third-order valence-corrected chi connectivity index (χ3v) is 4.83. The highest BCUT2D eigenvalue weighted by Gasteiger charge is 2.16. The molecule has 0 radical (unpaired) electrons. The van der Waals surface area contributed by atoms with Crippen LogP contribution in [0.3, 0.4) is 0 Å². The highest BCUT2D eigenvalue weighted by Crippen LogP contribution is 2.12. The second kappa shape index (κ2) is 9.82. The number of hydrogen-bond donors (Lipinski definition) is 2. The van der Waals surface area contributed by atoms with Crippen molar-refractivity contribution >= 4 is 11.8 Å². The predicted octanol–water partition coefficient (Wildman–Crippen LogP) is 3.10. The molecule has 1 aromatic heterocycles. The minimum absolute atomic E-state index is 0.234. The van der Waals surface area contributed by atoms with E-state index in [1.54, 1.807) is 25.3 Å². The lowest BCUT2D eigenvalue weighted by molar-refractivity contribution is 0.0927. The molecule has 0 atom stereocenters. The molecule has 2 N–H and O–H groups in total. The van der Waals surface area contributed by atoms with Gasteiger partial charge >= 0.3 is 0 Å². The molecule has 0 saturated heterocycles. The molecule has 1 heterocycles. The minimum atomic E-state index is -0.421. The van der Waals surface area contributed by atoms with Crippen LogP contribution >= 0.6 is 0 Å². The van der Waals surface area contributed by atoms with Crippen LogP contribution in [-0.2, 0) is 13.0 Å². The summed E-state index contributed by atoms with van der Waals surface area (Å²) in [6.45, 7) is 4.71. The van der Waals surface area contributed by atoms with Gasteiger partial charge in [0.15, 0.2) is 0 Å². The van der Waals surface area contributed by atoms with E-state index in [1.807, 2.05) is 41.9 Å². The van der Waals surface area contributed by atoms with E-state index in [9.17, 15) is 14.0 Å². The van der Waals surface area contributed by atoms with Gasteiger partial charge in [0.05, 0.1) is 24.0 Å². The maximum atomic E-state index is 13.6. The van der Waals surface area contributed by atoms with Gasteiger partial charge in [-0.2, -0.15) is 5.10 Å². The Morgan fingerprint density at radius 1 is 1.03 bits per heavy atom. The molecule has 0 fully saturated rings. The van der Waals surface area contributed by atoms with E-state index in [4.69, 9.17) is 0 Å². The third kappa shape index (κ3) is 5.11. The zero-order valence-corrected chi connectivity index (χ0v) is 17.1. The summed E-state index contributed by atoms with van der Waals surface area (Å²) in [5.74, 6) is -1.04. The summed E-state index contributed by atoms with van der Waals surface area (Å²) in [4.78, 5) is 24.7. The lowest BCUT2D eigenvalue weighted by atomic mass is 10.1. The Hall–Kier alpha value is -3.48. The Morgan fingerprint density at radius 3 is 2.40 bits per heavy atom. The fourth-order valence-corrected chi connectivity index (χ4v) is 3.15. The topological polar surface area (TPSA) is 76.0 Å². The number of carbonyl (C=O) groups is 2. The Balaban J connectivity index is 1.53. The zero-order chi connectivity index (χ0) is 21.5. The monoisotopic (exact) mass is 408 g/mol. The number of carbonyl (C=O) groups excluding carboxylic acids is 2. The van der Waals surface area contributed by atoms with Gasteiger partial charge in [0, 0.05) is 18.7 Å². The third-order valence-electron chi connectivity index (χ3n) is 4.83. The number of hydrogen-bond acceptors (Lipinski definition) is 3. The molecule has 0 unspecified atom stereocenters. The first-order valence-corrected chi connectivity index (χ1v) is 9.90. The van der Waals surface area contributed by atoms with Crippen molar-refractivity contribution in [2.45, 2.75) is 26.8 Å². The average Bonchev–Trinajstić information content (AvgIpc) is 3.16. The van der Waals surface area contributed by atoms with Gasteiger partial charge in [0.25, 0.3) is 11.8 Å². The van der Waals surface area contributed by atoms with Crippen molar-refractivity contribution in [3.63, 3.8) is 0 Å². The number of rotatable bonds is 8. The Labute approximate surface area is 175 Å². The van der Waals surface area contributed by atoms with Crippen LogP contribution in [0.2, 0.25) is 0 Å². The summed E-state index contributed by atoms with van der Waals surface area (Å²) >= 11 is 0. The first-order valence-electron chi connectivity index (χ1n) is 9.90. The van der Waals surface area contributed by atoms with Crippen molar-refractivity contribution < 1.29 is 14.0 Å². The van der Waals surface area contributed by atoms with Crippen LogP contribution in [0, 0.1) is 12.7 Å². The molecule has 7 heteroatoms. The molecule has 3 aromatic rings. The molecular weight excluding hydrogens is 383 g/mol. The van der Waals surface area contributed by atoms with Crippen LogP contribution in [0.15, 0.2) is 54.7 Å². The van der Waals surface area contributed by atoms with E-state index >= 15 is 0 Å². The van der Waals surface area contributed by atoms with E-state index in [2.05, 4.69) is 15.7 Å². The van der Waals surface area contributed by atoms with Crippen molar-refractivity contribution in [1.29, 1.82) is 0 Å². The smallest absolute Gasteiger partial charge is 0.254 e. The molecule has 0 saturated carbocycles. The second-order valence-corrected chi connectivity index (χ2v) is 6.98. The zero-order valence-electron chi connectivity index (χ0n) is 17.1. The van der Waals surface area contributed by atoms with Gasteiger partial charge in [-0.1, -0.05) is 43.3 Å². The number of benzene rings is 2. The van der Waals surface area contributed by atoms with Crippen LogP contribution < -0.4 is 10.6 Å². The van der Waals surface area contributed by atoms with Crippen molar-refractivity contribution in [3.05, 3.63) is 88.5 Å². The summed E-state index contributed by atoms with van der Waals surface area (Å²) in [5, 5.41) is 9.84. The summed E-state index contributed by atoms with van der Waals surface area (Å²) in [5.41, 5.74) is 3.23. The predicted molar refractivity (Wildman–Crippen MR) is 113 cm³/mol. The number of nitrogens with zero attached hydrogens (tertiary/aromatic N) is 2. The van der Waals surface area contributed by atoms with Crippen molar-refractivity contribution in [1.82, 2.24) is 20.4 Å². The maximum absolute atomic E-state index is 13.6. The lowest BCUT2D eigenvalue weighted by Gasteiger charge is -2.10. The summed E-state index contributed by atoms with van der Waals surface area (Å²) < 4.78 is 15.4. The van der Waals surface area contributed by atoms with Gasteiger partial charge in [-0.3, -0.25) is 14.3 Å². The molecule has 0 aliphatic heterocycles. The van der Waals surface area contributed by atoms with Crippen LogP contribution in [-0.4, -0.2) is 34.7 Å². The van der Waals surface area contributed by atoms with Gasteiger partial charge in [-0.15, -0.1) is 0 Å². The highest BCUT2D eigenvalue weighted by atomic mass is 19.1. The van der Waals surface area contributed by atoms with Crippen LogP contribution in [0.5, 0.6) is 0 Å². The molecule has 6 nitrogen and oxygen atoms in total. The average molecular weight is 408 g/mol. The highest BCUT2D eigenvalue weighted by molar-refractivity contribution is 5.95. The first kappa shape index (κ1) is 21.2. The van der Waals surface area contributed by atoms with Crippen molar-refractivity contribution in [2.75, 3.05) is 13.1 Å². The van der Waals surface area contributed by atoms with Crippen LogP contribution in [0.4, 0.5) is 4.39 Å². The molecule has 0 spiro atoms. The molecule has 156 valence electrons. The van der Waals surface area contributed by atoms with Crippen molar-refractivity contribution in [3.8, 4) is 0 Å². The molecular formula is C23H25FN4O2. The first-order chi connectivity index (χ1) is 14.5. The standard InChI is InChI=1S/C23H25FN4O2/c1-3-21-19(14-27-28(21)15-17-7-5-4-6-8-17)23(30)26-12-11-25-22(29)18-10-9-16(2)20(24)13-18/h4-10,13-14H,3,11-12,15H2,1-2H3,(H,25,29)(H,26,30). The molecule has 0 aliphatic carbocycles. The lowest BCUT2D eigenvalue weighted by Crippen LogP contribution is -2.35. The normalized spacial score (nSPS) is 10.6.